The van der Waals surface area contributed by atoms with Crippen LogP contribution in [0.25, 0.3) is 0 Å². The molecule has 14 heavy (non-hydrogen) atoms. The van der Waals surface area contributed by atoms with Gasteiger partial charge in [0.1, 0.15) is 0 Å². The van der Waals surface area contributed by atoms with Gasteiger partial charge in [-0.2, -0.15) is 0 Å². The minimum absolute atomic E-state index is 0.0779. The average molecular weight is 201 g/mol. The first-order valence-electron chi connectivity index (χ1n) is 5.18. The first-order chi connectivity index (χ1) is 6.20. The summed E-state index contributed by atoms with van der Waals surface area (Å²) < 4.78 is 0. The van der Waals surface area contributed by atoms with Crippen LogP contribution in [0.3, 0.4) is 0 Å². The van der Waals surface area contributed by atoms with Gasteiger partial charge in [-0.25, -0.2) is 0 Å². The van der Waals surface area contributed by atoms with Crippen LogP contribution in [0.15, 0.2) is 0 Å². The summed E-state index contributed by atoms with van der Waals surface area (Å²) in [5.41, 5.74) is 6.01. The van der Waals surface area contributed by atoms with Gasteiger partial charge in [-0.05, 0) is 24.2 Å². The van der Waals surface area contributed by atoms with Gasteiger partial charge in [-0.3, -0.25) is 4.79 Å². The smallest absolute Gasteiger partial charge is 0.304 e. The molecule has 3 heteroatoms. The first kappa shape index (κ1) is 13.4. The Hall–Kier alpha value is -0.570. The molecule has 3 N–H and O–H groups in total. The van der Waals surface area contributed by atoms with E-state index in [1.165, 1.54) is 0 Å². The molecule has 0 heterocycles. The maximum Gasteiger partial charge on any atom is 0.304 e. The zero-order valence-corrected chi connectivity index (χ0v) is 9.71. The Morgan fingerprint density at radius 1 is 1.43 bits per heavy atom. The van der Waals surface area contributed by atoms with Crippen LogP contribution in [0, 0.1) is 11.3 Å². The van der Waals surface area contributed by atoms with Gasteiger partial charge in [0, 0.05) is 6.04 Å². The molecule has 2 atom stereocenters. The fourth-order valence-electron chi connectivity index (χ4n) is 1.95. The minimum atomic E-state index is -0.805. The van der Waals surface area contributed by atoms with E-state index in [0.717, 1.165) is 12.8 Å². The standard InChI is InChI=1S/C11H23NO2/c1-8(7-11(2,3)4)5-9(12)6-10(13)14/h8-9H,5-7,12H2,1-4H3,(H,13,14)/t8-,9+/m0/s1. The number of nitrogens with two attached hydrogens (primary N) is 1. The SMILES string of the molecule is C[C@@H](C[C@@H](N)CC(=O)O)CC(C)(C)C. The molecule has 0 saturated heterocycles. The quantitative estimate of drug-likeness (QED) is 0.717. The highest BCUT2D eigenvalue weighted by molar-refractivity contribution is 5.67. The molecule has 0 fully saturated rings. The van der Waals surface area contributed by atoms with E-state index >= 15 is 0 Å². The van der Waals surface area contributed by atoms with Gasteiger partial charge in [0.2, 0.25) is 0 Å². The molecule has 0 spiro atoms. The molecule has 0 bridgehead atoms. The van der Waals surface area contributed by atoms with Crippen LogP contribution in [-0.2, 0) is 4.79 Å². The normalized spacial score (nSPS) is 16.4. The van der Waals surface area contributed by atoms with Crippen LogP contribution in [0.4, 0.5) is 0 Å². The monoisotopic (exact) mass is 201 g/mol. The fourth-order valence-corrected chi connectivity index (χ4v) is 1.95. The third-order valence-electron chi connectivity index (χ3n) is 2.10. The van der Waals surface area contributed by atoms with Crippen molar-refractivity contribution < 1.29 is 9.90 Å². The molecule has 0 unspecified atom stereocenters. The topological polar surface area (TPSA) is 63.3 Å². The Balaban J connectivity index is 3.82. The molecule has 0 radical (unpaired) electrons. The van der Waals surface area contributed by atoms with Crippen molar-refractivity contribution in [1.82, 2.24) is 0 Å². The highest BCUT2D eigenvalue weighted by atomic mass is 16.4. The molecule has 0 aromatic heterocycles. The van der Waals surface area contributed by atoms with E-state index < -0.39 is 5.97 Å². The summed E-state index contributed by atoms with van der Waals surface area (Å²) in [5.74, 6) is -0.315. The van der Waals surface area contributed by atoms with Crippen LogP contribution in [0.1, 0.15) is 47.0 Å². The molecular formula is C11H23NO2. The second-order valence-electron chi connectivity index (χ2n) is 5.46. The molecule has 0 aromatic rings. The van der Waals surface area contributed by atoms with Gasteiger partial charge < -0.3 is 10.8 Å². The zero-order chi connectivity index (χ0) is 11.4. The van der Waals surface area contributed by atoms with Gasteiger partial charge in [0.15, 0.2) is 0 Å². The van der Waals surface area contributed by atoms with Crippen molar-refractivity contribution in [3.05, 3.63) is 0 Å². The van der Waals surface area contributed by atoms with Crippen LogP contribution in [0.2, 0.25) is 0 Å². The molecule has 0 saturated carbocycles. The molecule has 84 valence electrons. The number of hydrogen-bond donors (Lipinski definition) is 2. The highest BCUT2D eigenvalue weighted by Crippen LogP contribution is 2.26. The van der Waals surface area contributed by atoms with Crippen LogP contribution in [-0.4, -0.2) is 17.1 Å². The lowest BCUT2D eigenvalue weighted by molar-refractivity contribution is -0.137. The molecule has 3 nitrogen and oxygen atoms in total. The summed E-state index contributed by atoms with van der Waals surface area (Å²) >= 11 is 0. The van der Waals surface area contributed by atoms with Crippen molar-refractivity contribution in [1.29, 1.82) is 0 Å². The predicted octanol–water partition coefficient (Wildman–Crippen LogP) is 2.25. The largest absolute Gasteiger partial charge is 0.481 e. The van der Waals surface area contributed by atoms with Crippen molar-refractivity contribution in [2.24, 2.45) is 17.1 Å². The number of rotatable bonds is 5. The summed E-state index contributed by atoms with van der Waals surface area (Å²) in [4.78, 5) is 10.4. The molecule has 0 aliphatic carbocycles. The lowest BCUT2D eigenvalue weighted by atomic mass is 9.83. The number of carbonyl (C=O) groups is 1. The van der Waals surface area contributed by atoms with Crippen LogP contribution in [0.5, 0.6) is 0 Å². The van der Waals surface area contributed by atoms with Crippen LogP contribution < -0.4 is 5.73 Å². The van der Waals surface area contributed by atoms with E-state index in [9.17, 15) is 4.79 Å². The first-order valence-corrected chi connectivity index (χ1v) is 5.18. The number of carboxylic acids is 1. The summed E-state index contributed by atoms with van der Waals surface area (Å²) in [6.07, 6.45) is 1.96. The molecule has 0 rings (SSSR count). The number of hydrogen-bond acceptors (Lipinski definition) is 2. The van der Waals surface area contributed by atoms with Gasteiger partial charge in [0.05, 0.1) is 6.42 Å². The Morgan fingerprint density at radius 3 is 2.29 bits per heavy atom. The van der Waals surface area contributed by atoms with E-state index in [-0.39, 0.29) is 12.5 Å². The Morgan fingerprint density at radius 2 is 1.93 bits per heavy atom. The maximum absolute atomic E-state index is 10.4. The second-order valence-corrected chi connectivity index (χ2v) is 5.46. The molecule has 0 aliphatic heterocycles. The van der Waals surface area contributed by atoms with Crippen molar-refractivity contribution in [2.75, 3.05) is 0 Å². The van der Waals surface area contributed by atoms with Gasteiger partial charge >= 0.3 is 5.97 Å². The molecule has 0 aliphatic rings. The number of aliphatic carboxylic acids is 1. The van der Waals surface area contributed by atoms with Crippen molar-refractivity contribution in [3.8, 4) is 0 Å². The number of carboxylic acid groups (broad SMARTS) is 1. The van der Waals surface area contributed by atoms with Crippen LogP contribution >= 0.6 is 0 Å². The van der Waals surface area contributed by atoms with Gasteiger partial charge in [0.25, 0.3) is 0 Å². The summed E-state index contributed by atoms with van der Waals surface area (Å²) in [6.45, 7) is 8.69. The fraction of sp³-hybridized carbons (Fsp3) is 0.909. The molecule has 0 amide bonds. The van der Waals surface area contributed by atoms with Gasteiger partial charge in [-0.15, -0.1) is 0 Å². The van der Waals surface area contributed by atoms with E-state index in [1.54, 1.807) is 0 Å². The maximum atomic E-state index is 10.4. The van der Waals surface area contributed by atoms with Crippen molar-refractivity contribution in [2.45, 2.75) is 53.0 Å². The van der Waals surface area contributed by atoms with E-state index in [0.29, 0.717) is 11.3 Å². The third kappa shape index (κ3) is 8.05. The Bertz CT molecular complexity index is 184. The minimum Gasteiger partial charge on any atom is -0.481 e. The molecular weight excluding hydrogens is 178 g/mol. The van der Waals surface area contributed by atoms with Crippen molar-refractivity contribution in [3.63, 3.8) is 0 Å². The van der Waals surface area contributed by atoms with Gasteiger partial charge in [-0.1, -0.05) is 27.7 Å². The average Bonchev–Trinajstić information content (AvgIpc) is 1.77. The van der Waals surface area contributed by atoms with E-state index in [1.807, 2.05) is 0 Å². The second kappa shape index (κ2) is 5.35. The molecule has 0 aromatic carbocycles. The Labute approximate surface area is 86.7 Å². The lowest BCUT2D eigenvalue weighted by Crippen LogP contribution is -2.27. The third-order valence-corrected chi connectivity index (χ3v) is 2.10. The summed E-state index contributed by atoms with van der Waals surface area (Å²) in [6, 6.07) is -0.204. The van der Waals surface area contributed by atoms with E-state index in [2.05, 4.69) is 27.7 Å². The Kier molecular flexibility index (Phi) is 5.13. The highest BCUT2D eigenvalue weighted by Gasteiger charge is 2.18. The summed E-state index contributed by atoms with van der Waals surface area (Å²) in [5, 5.41) is 8.55. The van der Waals surface area contributed by atoms with Crippen molar-refractivity contribution >= 4 is 5.97 Å². The predicted molar refractivity (Wildman–Crippen MR) is 58.1 cm³/mol. The summed E-state index contributed by atoms with van der Waals surface area (Å²) in [7, 11) is 0. The lowest BCUT2D eigenvalue weighted by Gasteiger charge is -2.24. The zero-order valence-electron chi connectivity index (χ0n) is 9.71. The van der Waals surface area contributed by atoms with E-state index in [4.69, 9.17) is 10.8 Å².